The molecule has 0 saturated carbocycles. The average molecular weight is 508 g/mol. The minimum atomic E-state index is -1.38. The fourth-order valence-electron chi connectivity index (χ4n) is 3.61. The molecule has 1 unspecified atom stereocenters. The molecule has 0 bridgehead atoms. The van der Waals surface area contributed by atoms with Crippen LogP contribution in [0.15, 0.2) is 29.9 Å². The Kier molecular flexibility index (Phi) is 7.87. The minimum Gasteiger partial charge on any atom is -0.381 e. The van der Waals surface area contributed by atoms with Crippen LogP contribution >= 0.6 is 11.3 Å². The van der Waals surface area contributed by atoms with Gasteiger partial charge < -0.3 is 25.6 Å². The summed E-state index contributed by atoms with van der Waals surface area (Å²) in [6.07, 6.45) is 6.40. The Morgan fingerprint density at radius 2 is 2.00 bits per heavy atom. The van der Waals surface area contributed by atoms with Gasteiger partial charge in [-0.15, -0.1) is 11.3 Å². The monoisotopic (exact) mass is 507 g/mol. The van der Waals surface area contributed by atoms with Gasteiger partial charge in [-0.2, -0.15) is 5.10 Å². The van der Waals surface area contributed by atoms with Crippen LogP contribution in [0.5, 0.6) is 0 Å². The van der Waals surface area contributed by atoms with Crippen molar-refractivity contribution in [3.63, 3.8) is 0 Å². The van der Waals surface area contributed by atoms with E-state index in [0.29, 0.717) is 11.7 Å². The van der Waals surface area contributed by atoms with Crippen molar-refractivity contribution in [1.29, 1.82) is 0 Å². The third kappa shape index (κ3) is 6.08. The van der Waals surface area contributed by atoms with Crippen molar-refractivity contribution in [3.05, 3.63) is 52.8 Å². The largest absolute Gasteiger partial charge is 0.381 e. The molecule has 0 spiro atoms. The summed E-state index contributed by atoms with van der Waals surface area (Å²) >= 11 is 0.948. The van der Waals surface area contributed by atoms with Crippen LogP contribution in [0.4, 0.5) is 14.5 Å². The number of rotatable bonds is 4. The molecule has 5 rings (SSSR count). The van der Waals surface area contributed by atoms with Gasteiger partial charge in [0, 0.05) is 37.9 Å². The number of nitrogens with two attached hydrogens (primary N) is 1. The molecule has 3 aromatic rings. The number of amides is 1. The number of carbonyl (C=O) groups is 1. The molecule has 2 aliphatic heterocycles. The molecule has 1 amide bonds. The van der Waals surface area contributed by atoms with Gasteiger partial charge in [-0.25, -0.2) is 13.8 Å². The lowest BCUT2D eigenvalue weighted by Gasteiger charge is -2.36. The van der Waals surface area contributed by atoms with E-state index in [1.165, 1.54) is 16.3 Å². The number of carbonyl (C=O) groups excluding carboxylic acids is 1. The van der Waals surface area contributed by atoms with E-state index in [9.17, 15) is 18.7 Å². The van der Waals surface area contributed by atoms with Gasteiger partial charge in [0.25, 0.3) is 5.91 Å². The molecule has 12 heteroatoms. The van der Waals surface area contributed by atoms with Crippen LogP contribution in [0.2, 0.25) is 0 Å². The van der Waals surface area contributed by atoms with Crippen molar-refractivity contribution >= 4 is 22.9 Å². The molecular formula is C23H27F2N5O4S. The van der Waals surface area contributed by atoms with Gasteiger partial charge in [0.05, 0.1) is 30.7 Å². The zero-order chi connectivity index (χ0) is 25.0. The van der Waals surface area contributed by atoms with Crippen molar-refractivity contribution < 1.29 is 28.2 Å². The maximum atomic E-state index is 14.5. The molecular weight excluding hydrogens is 480 g/mol. The van der Waals surface area contributed by atoms with Crippen LogP contribution < -0.4 is 11.1 Å². The molecule has 4 N–H and O–H groups in total. The SMILES string of the molecule is Cn1cc(NC(=O)c2csc(-c3c(F)cc(C4(O)COC4)cc3F)n2)cn1.NC1CCCOCC1. The number of nitrogens with zero attached hydrogens (tertiary/aromatic N) is 3. The lowest BCUT2D eigenvalue weighted by atomic mass is 9.91. The number of hydrogen-bond acceptors (Lipinski definition) is 8. The summed E-state index contributed by atoms with van der Waals surface area (Å²) in [5.41, 5.74) is 4.56. The first kappa shape index (κ1) is 25.3. The maximum Gasteiger partial charge on any atom is 0.275 e. The number of hydrogen-bond donors (Lipinski definition) is 3. The number of aliphatic hydroxyl groups is 1. The Balaban J connectivity index is 0.000000308. The summed E-state index contributed by atoms with van der Waals surface area (Å²) in [5, 5.41) is 18.2. The van der Waals surface area contributed by atoms with E-state index >= 15 is 0 Å². The van der Waals surface area contributed by atoms with Gasteiger partial charge in [0.1, 0.15) is 27.9 Å². The predicted molar refractivity (Wildman–Crippen MR) is 126 cm³/mol. The lowest BCUT2D eigenvalue weighted by molar-refractivity contribution is -0.184. The zero-order valence-electron chi connectivity index (χ0n) is 19.2. The van der Waals surface area contributed by atoms with Crippen LogP contribution in [-0.4, -0.2) is 58.2 Å². The quantitative estimate of drug-likeness (QED) is 0.496. The summed E-state index contributed by atoms with van der Waals surface area (Å²) < 4.78 is 40.6. The van der Waals surface area contributed by atoms with E-state index in [1.54, 1.807) is 13.2 Å². The summed E-state index contributed by atoms with van der Waals surface area (Å²) in [4.78, 5) is 16.3. The third-order valence-corrected chi connectivity index (χ3v) is 6.53. The average Bonchev–Trinajstić information content (AvgIpc) is 3.36. The molecule has 9 nitrogen and oxygen atoms in total. The molecule has 2 saturated heterocycles. The van der Waals surface area contributed by atoms with Gasteiger partial charge in [-0.1, -0.05) is 0 Å². The minimum absolute atomic E-state index is 0.0128. The first-order chi connectivity index (χ1) is 16.7. The van der Waals surface area contributed by atoms with Crippen molar-refractivity contribution in [2.75, 3.05) is 31.7 Å². The van der Waals surface area contributed by atoms with Gasteiger partial charge in [0.2, 0.25) is 0 Å². The van der Waals surface area contributed by atoms with E-state index in [1.807, 2.05) is 0 Å². The number of nitrogens with one attached hydrogen (secondary N) is 1. The van der Waals surface area contributed by atoms with Crippen molar-refractivity contribution in [2.45, 2.75) is 30.9 Å². The maximum absolute atomic E-state index is 14.5. The lowest BCUT2D eigenvalue weighted by Crippen LogP contribution is -2.46. The van der Waals surface area contributed by atoms with Crippen molar-refractivity contribution in [3.8, 4) is 10.6 Å². The van der Waals surface area contributed by atoms with Crippen molar-refractivity contribution in [2.24, 2.45) is 12.8 Å². The van der Waals surface area contributed by atoms with E-state index in [-0.39, 0.29) is 35.0 Å². The van der Waals surface area contributed by atoms with Gasteiger partial charge in [-0.3, -0.25) is 9.48 Å². The number of thiazole rings is 1. The molecule has 1 atom stereocenters. The zero-order valence-corrected chi connectivity index (χ0v) is 20.0. The number of benzene rings is 1. The Hall–Kier alpha value is -2.77. The standard InChI is InChI=1S/C17H14F2N4O3S.C6H13NO/c1-23-5-10(4-20-23)21-15(24)13-6-27-16(22-13)14-11(18)2-9(3-12(14)19)17(25)7-26-8-17;7-6-2-1-4-8-5-3-6/h2-6,25H,7-8H2,1H3,(H,21,24);6H,1-5,7H2. The van der Waals surface area contributed by atoms with Gasteiger partial charge in [0.15, 0.2) is 0 Å². The Bertz CT molecular complexity index is 1150. The molecule has 2 aromatic heterocycles. The van der Waals surface area contributed by atoms with E-state index in [0.717, 1.165) is 55.9 Å². The topological polar surface area (TPSA) is 125 Å². The fraction of sp³-hybridized carbons (Fsp3) is 0.435. The summed E-state index contributed by atoms with van der Waals surface area (Å²) in [5.74, 6) is -2.23. The molecule has 1 aromatic carbocycles. The summed E-state index contributed by atoms with van der Waals surface area (Å²) in [7, 11) is 1.71. The van der Waals surface area contributed by atoms with Crippen LogP contribution in [0, 0.1) is 11.6 Å². The van der Waals surface area contributed by atoms with E-state index < -0.39 is 23.1 Å². The van der Waals surface area contributed by atoms with Crippen molar-refractivity contribution in [1.82, 2.24) is 14.8 Å². The Morgan fingerprint density at radius 1 is 1.26 bits per heavy atom. The Labute approximate surface area is 204 Å². The Morgan fingerprint density at radius 3 is 2.63 bits per heavy atom. The van der Waals surface area contributed by atoms with E-state index in [4.69, 9.17) is 15.2 Å². The number of ether oxygens (including phenoxy) is 2. The first-order valence-corrected chi connectivity index (χ1v) is 12.0. The number of aryl methyl sites for hydroxylation is 1. The highest BCUT2D eigenvalue weighted by Gasteiger charge is 2.39. The highest BCUT2D eigenvalue weighted by Crippen LogP contribution is 2.35. The highest BCUT2D eigenvalue weighted by atomic mass is 32.1. The third-order valence-electron chi connectivity index (χ3n) is 5.67. The fourth-order valence-corrected chi connectivity index (χ4v) is 4.46. The molecule has 35 heavy (non-hydrogen) atoms. The molecule has 2 aliphatic rings. The molecule has 0 aliphatic carbocycles. The van der Waals surface area contributed by atoms with Crippen LogP contribution in [-0.2, 0) is 22.1 Å². The van der Waals surface area contributed by atoms with Crippen LogP contribution in [0.25, 0.3) is 10.6 Å². The molecule has 4 heterocycles. The van der Waals surface area contributed by atoms with Crippen LogP contribution in [0.3, 0.4) is 0 Å². The molecule has 0 radical (unpaired) electrons. The van der Waals surface area contributed by atoms with Crippen LogP contribution in [0.1, 0.15) is 35.3 Å². The summed E-state index contributed by atoms with van der Waals surface area (Å²) in [6, 6.07) is 2.53. The number of anilines is 1. The van der Waals surface area contributed by atoms with E-state index in [2.05, 4.69) is 15.4 Å². The normalized spacial score (nSPS) is 19.2. The second kappa shape index (κ2) is 10.9. The van der Waals surface area contributed by atoms with Gasteiger partial charge in [-0.05, 0) is 37.0 Å². The van der Waals surface area contributed by atoms with Gasteiger partial charge >= 0.3 is 0 Å². The predicted octanol–water partition coefficient (Wildman–Crippen LogP) is 2.81. The number of aromatic nitrogens is 3. The second-order valence-electron chi connectivity index (χ2n) is 8.54. The number of halogens is 2. The molecule has 188 valence electrons. The first-order valence-electron chi connectivity index (χ1n) is 11.1. The summed E-state index contributed by atoms with van der Waals surface area (Å²) in [6.45, 7) is 1.75. The smallest absolute Gasteiger partial charge is 0.275 e. The highest BCUT2D eigenvalue weighted by molar-refractivity contribution is 7.13. The molecule has 2 fully saturated rings. The second-order valence-corrected chi connectivity index (χ2v) is 9.40.